The standard InChI is InChI=1S/C10H15N3O2S/c1-10(3-2-4-11-10)8-7-13-5-6-16(14,15)9(13)12-8/h7,11H,2-6H2,1H3. The molecular formula is C10H15N3O2S. The lowest BCUT2D eigenvalue weighted by Gasteiger charge is -2.21. The fourth-order valence-corrected chi connectivity index (χ4v) is 3.85. The van der Waals surface area contributed by atoms with Crippen molar-refractivity contribution in [2.45, 2.75) is 37.0 Å². The van der Waals surface area contributed by atoms with Crippen molar-refractivity contribution in [2.75, 3.05) is 12.3 Å². The van der Waals surface area contributed by atoms with Gasteiger partial charge in [-0.25, -0.2) is 13.4 Å². The van der Waals surface area contributed by atoms with E-state index in [9.17, 15) is 8.42 Å². The Morgan fingerprint density at radius 3 is 3.00 bits per heavy atom. The third-order valence-electron chi connectivity index (χ3n) is 3.55. The first kappa shape index (κ1) is 10.3. The number of hydrogen-bond acceptors (Lipinski definition) is 4. The Balaban J connectivity index is 2.07. The highest BCUT2D eigenvalue weighted by Gasteiger charge is 2.37. The summed E-state index contributed by atoms with van der Waals surface area (Å²) in [5, 5.41) is 3.64. The summed E-state index contributed by atoms with van der Waals surface area (Å²) in [6, 6.07) is 0. The van der Waals surface area contributed by atoms with Crippen LogP contribution in [0.1, 0.15) is 25.5 Å². The van der Waals surface area contributed by atoms with Crippen LogP contribution < -0.4 is 5.32 Å². The van der Waals surface area contributed by atoms with Crippen LogP contribution in [0.3, 0.4) is 0 Å². The molecule has 3 rings (SSSR count). The molecule has 0 bridgehead atoms. The molecule has 1 atom stereocenters. The number of aromatic nitrogens is 2. The summed E-state index contributed by atoms with van der Waals surface area (Å²) in [5.74, 6) is 0.194. The van der Waals surface area contributed by atoms with Crippen LogP contribution in [-0.2, 0) is 21.9 Å². The molecule has 2 aliphatic heterocycles. The average Bonchev–Trinajstić information content (AvgIpc) is 2.85. The summed E-state index contributed by atoms with van der Waals surface area (Å²) in [7, 11) is -3.12. The molecule has 0 amide bonds. The minimum Gasteiger partial charge on any atom is -0.321 e. The van der Waals surface area contributed by atoms with Crippen molar-refractivity contribution in [1.29, 1.82) is 0 Å². The van der Waals surface area contributed by atoms with E-state index < -0.39 is 9.84 Å². The van der Waals surface area contributed by atoms with Gasteiger partial charge < -0.3 is 9.88 Å². The van der Waals surface area contributed by atoms with Crippen molar-refractivity contribution in [1.82, 2.24) is 14.9 Å². The van der Waals surface area contributed by atoms with Crippen LogP contribution in [0.15, 0.2) is 11.4 Å². The van der Waals surface area contributed by atoms with Gasteiger partial charge in [0.15, 0.2) is 0 Å². The number of nitrogens with one attached hydrogen (secondary N) is 1. The topological polar surface area (TPSA) is 64.0 Å². The first-order chi connectivity index (χ1) is 7.51. The smallest absolute Gasteiger partial charge is 0.228 e. The maximum absolute atomic E-state index is 11.7. The maximum atomic E-state index is 11.7. The summed E-state index contributed by atoms with van der Waals surface area (Å²) in [5.41, 5.74) is 0.718. The molecule has 0 aromatic carbocycles. The Kier molecular flexibility index (Phi) is 1.98. The summed E-state index contributed by atoms with van der Waals surface area (Å²) < 4.78 is 25.1. The fraction of sp³-hybridized carbons (Fsp3) is 0.700. The highest BCUT2D eigenvalue weighted by Crippen LogP contribution is 2.31. The van der Waals surface area contributed by atoms with Crippen molar-refractivity contribution >= 4 is 9.84 Å². The maximum Gasteiger partial charge on any atom is 0.228 e. The predicted molar refractivity (Wildman–Crippen MR) is 58.9 cm³/mol. The average molecular weight is 241 g/mol. The number of rotatable bonds is 1. The van der Waals surface area contributed by atoms with Gasteiger partial charge in [-0.2, -0.15) is 0 Å². The van der Waals surface area contributed by atoms with Crippen molar-refractivity contribution in [2.24, 2.45) is 0 Å². The normalized spacial score (nSPS) is 31.8. The number of hydrogen-bond donors (Lipinski definition) is 1. The van der Waals surface area contributed by atoms with Crippen LogP contribution >= 0.6 is 0 Å². The van der Waals surface area contributed by atoms with Crippen molar-refractivity contribution in [3.05, 3.63) is 11.9 Å². The molecule has 0 spiro atoms. The van der Waals surface area contributed by atoms with Gasteiger partial charge in [-0.1, -0.05) is 0 Å². The third kappa shape index (κ3) is 1.33. The molecule has 88 valence electrons. The van der Waals surface area contributed by atoms with Crippen LogP contribution in [0.4, 0.5) is 0 Å². The van der Waals surface area contributed by atoms with Crippen LogP contribution in [-0.4, -0.2) is 30.3 Å². The molecule has 1 saturated heterocycles. The lowest BCUT2D eigenvalue weighted by Crippen LogP contribution is -2.33. The predicted octanol–water partition coefficient (Wildman–Crippen LogP) is 0.269. The fourth-order valence-electron chi connectivity index (χ4n) is 2.50. The molecule has 0 aliphatic carbocycles. The van der Waals surface area contributed by atoms with E-state index in [1.54, 1.807) is 4.57 Å². The second kappa shape index (κ2) is 3.07. The summed E-state index contributed by atoms with van der Waals surface area (Å²) in [6.45, 7) is 3.61. The van der Waals surface area contributed by atoms with Crippen LogP contribution in [0.2, 0.25) is 0 Å². The lowest BCUT2D eigenvalue weighted by atomic mass is 9.97. The molecule has 1 aromatic heterocycles. The Labute approximate surface area is 94.8 Å². The minimum absolute atomic E-state index is 0.146. The van der Waals surface area contributed by atoms with Gasteiger partial charge in [0, 0.05) is 12.7 Å². The van der Waals surface area contributed by atoms with Gasteiger partial charge in [0.05, 0.1) is 17.0 Å². The van der Waals surface area contributed by atoms with Crippen LogP contribution in [0.5, 0.6) is 0 Å². The molecule has 6 heteroatoms. The Hall–Kier alpha value is -0.880. The monoisotopic (exact) mass is 241 g/mol. The molecule has 0 saturated carbocycles. The first-order valence-electron chi connectivity index (χ1n) is 5.57. The highest BCUT2D eigenvalue weighted by atomic mass is 32.2. The Bertz CT molecular complexity index is 526. The van der Waals surface area contributed by atoms with Gasteiger partial charge >= 0.3 is 0 Å². The van der Waals surface area contributed by atoms with E-state index >= 15 is 0 Å². The van der Waals surface area contributed by atoms with Gasteiger partial charge in [-0.05, 0) is 26.3 Å². The zero-order valence-electron chi connectivity index (χ0n) is 9.23. The zero-order chi connectivity index (χ0) is 11.4. The first-order valence-corrected chi connectivity index (χ1v) is 7.22. The third-order valence-corrected chi connectivity index (χ3v) is 5.16. The van der Waals surface area contributed by atoms with Crippen molar-refractivity contribution < 1.29 is 8.42 Å². The van der Waals surface area contributed by atoms with E-state index in [0.717, 1.165) is 25.1 Å². The molecule has 3 heterocycles. The highest BCUT2D eigenvalue weighted by molar-refractivity contribution is 7.91. The van der Waals surface area contributed by atoms with Crippen molar-refractivity contribution in [3.63, 3.8) is 0 Å². The number of sulfone groups is 1. The van der Waals surface area contributed by atoms with Gasteiger partial charge in [0.2, 0.25) is 15.0 Å². The second-order valence-corrected chi connectivity index (χ2v) is 6.79. The quantitative estimate of drug-likeness (QED) is 0.766. The molecule has 0 radical (unpaired) electrons. The molecule has 5 nitrogen and oxygen atoms in total. The van der Waals surface area contributed by atoms with E-state index in [0.29, 0.717) is 6.54 Å². The van der Waals surface area contributed by atoms with E-state index in [4.69, 9.17) is 0 Å². The van der Waals surface area contributed by atoms with Crippen LogP contribution in [0.25, 0.3) is 0 Å². The Morgan fingerprint density at radius 1 is 1.56 bits per heavy atom. The van der Waals surface area contributed by atoms with Gasteiger partial charge in [0.1, 0.15) is 0 Å². The molecule has 1 N–H and O–H groups in total. The number of fused-ring (bicyclic) bond motifs is 1. The Morgan fingerprint density at radius 2 is 2.38 bits per heavy atom. The van der Waals surface area contributed by atoms with Gasteiger partial charge in [-0.15, -0.1) is 0 Å². The second-order valence-electron chi connectivity index (χ2n) is 4.78. The van der Waals surface area contributed by atoms with E-state index in [2.05, 4.69) is 17.2 Å². The number of nitrogens with zero attached hydrogens (tertiary/aromatic N) is 2. The molecule has 2 aliphatic rings. The van der Waals surface area contributed by atoms with Crippen LogP contribution in [0, 0.1) is 0 Å². The molecule has 1 fully saturated rings. The molecule has 1 aromatic rings. The van der Waals surface area contributed by atoms with Gasteiger partial charge in [-0.3, -0.25) is 0 Å². The summed E-state index contributed by atoms with van der Waals surface area (Å²) in [4.78, 5) is 4.31. The number of aryl methyl sites for hydroxylation is 1. The minimum atomic E-state index is -3.12. The summed E-state index contributed by atoms with van der Waals surface area (Å²) >= 11 is 0. The summed E-state index contributed by atoms with van der Waals surface area (Å²) in [6.07, 6.45) is 4.02. The SMILES string of the molecule is CC1(c2cn3c(n2)S(=O)(=O)CC3)CCCN1. The number of imidazole rings is 1. The zero-order valence-corrected chi connectivity index (χ0v) is 10.0. The van der Waals surface area contributed by atoms with Crippen molar-refractivity contribution in [3.8, 4) is 0 Å². The van der Waals surface area contributed by atoms with E-state index in [-0.39, 0.29) is 16.4 Å². The molecule has 1 unspecified atom stereocenters. The van der Waals surface area contributed by atoms with Gasteiger partial charge in [0.25, 0.3) is 0 Å². The van der Waals surface area contributed by atoms with E-state index in [1.165, 1.54) is 0 Å². The molecule has 16 heavy (non-hydrogen) atoms. The molecular weight excluding hydrogens is 226 g/mol. The van der Waals surface area contributed by atoms with E-state index in [1.807, 2.05) is 6.20 Å². The largest absolute Gasteiger partial charge is 0.321 e. The lowest BCUT2D eigenvalue weighted by molar-refractivity contribution is 0.421.